The van der Waals surface area contributed by atoms with E-state index in [4.69, 9.17) is 4.74 Å². The fourth-order valence-electron chi connectivity index (χ4n) is 3.30. The van der Waals surface area contributed by atoms with Crippen molar-refractivity contribution in [2.45, 2.75) is 32.6 Å². The molecular formula is C18H18N4O3S. The van der Waals surface area contributed by atoms with Crippen molar-refractivity contribution < 1.29 is 14.3 Å². The number of imidazole rings is 1. The number of carbonyl (C=O) groups excluding carboxylic acids is 2. The highest BCUT2D eigenvalue weighted by molar-refractivity contribution is 7.16. The number of thiazole rings is 1. The van der Waals surface area contributed by atoms with Crippen molar-refractivity contribution in [3.8, 4) is 0 Å². The van der Waals surface area contributed by atoms with E-state index in [0.29, 0.717) is 29.5 Å². The van der Waals surface area contributed by atoms with Gasteiger partial charge in [0, 0.05) is 11.1 Å². The van der Waals surface area contributed by atoms with Gasteiger partial charge in [0.25, 0.3) is 5.91 Å². The summed E-state index contributed by atoms with van der Waals surface area (Å²) in [6.45, 7) is 3.95. The molecule has 0 fully saturated rings. The Morgan fingerprint density at radius 2 is 2.23 bits per heavy atom. The van der Waals surface area contributed by atoms with Crippen LogP contribution in [0.2, 0.25) is 0 Å². The van der Waals surface area contributed by atoms with Crippen LogP contribution in [0.5, 0.6) is 0 Å². The van der Waals surface area contributed by atoms with Gasteiger partial charge < -0.3 is 4.74 Å². The number of hydrogen-bond acceptors (Lipinski definition) is 6. The maximum atomic E-state index is 12.8. The lowest BCUT2D eigenvalue weighted by Crippen LogP contribution is -2.16. The van der Waals surface area contributed by atoms with Gasteiger partial charge in [-0.25, -0.2) is 9.97 Å². The predicted molar refractivity (Wildman–Crippen MR) is 97.7 cm³/mol. The number of nitrogens with one attached hydrogen (secondary N) is 1. The van der Waals surface area contributed by atoms with Crippen LogP contribution in [0.25, 0.3) is 5.65 Å². The minimum absolute atomic E-state index is 0.243. The molecule has 0 spiro atoms. The molecule has 1 amide bonds. The first kappa shape index (κ1) is 16.7. The summed E-state index contributed by atoms with van der Waals surface area (Å²) in [5.74, 6) is -0.835. The molecule has 0 saturated heterocycles. The number of nitrogens with zero attached hydrogens (tertiary/aromatic N) is 3. The zero-order chi connectivity index (χ0) is 18.3. The van der Waals surface area contributed by atoms with E-state index in [9.17, 15) is 9.59 Å². The number of ether oxygens (including phenoxy) is 1. The molecule has 3 aromatic rings. The van der Waals surface area contributed by atoms with Crippen LogP contribution in [0, 0.1) is 6.92 Å². The van der Waals surface area contributed by atoms with Gasteiger partial charge in [0.2, 0.25) is 0 Å². The van der Waals surface area contributed by atoms with E-state index in [0.717, 1.165) is 22.6 Å². The lowest BCUT2D eigenvalue weighted by atomic mass is 10.1. The van der Waals surface area contributed by atoms with Crippen molar-refractivity contribution in [1.82, 2.24) is 14.4 Å². The van der Waals surface area contributed by atoms with Gasteiger partial charge in [0.1, 0.15) is 17.3 Å². The maximum Gasteiger partial charge on any atom is 0.315 e. The number of pyridine rings is 1. The number of rotatable bonds is 4. The topological polar surface area (TPSA) is 85.6 Å². The van der Waals surface area contributed by atoms with Crippen LogP contribution in [-0.2, 0) is 16.0 Å². The second kappa shape index (κ2) is 6.53. The minimum atomic E-state index is -0.329. The van der Waals surface area contributed by atoms with E-state index in [1.807, 2.05) is 24.4 Å². The number of anilines is 1. The number of hydrogen-bond donors (Lipinski definition) is 1. The third-order valence-corrected chi connectivity index (χ3v) is 5.47. The smallest absolute Gasteiger partial charge is 0.315 e. The largest absolute Gasteiger partial charge is 0.465 e. The van der Waals surface area contributed by atoms with E-state index in [-0.39, 0.29) is 17.8 Å². The molecule has 4 rings (SSSR count). The lowest BCUT2D eigenvalue weighted by molar-refractivity contribution is -0.145. The van der Waals surface area contributed by atoms with Crippen LogP contribution in [0.4, 0.5) is 5.13 Å². The van der Waals surface area contributed by atoms with Gasteiger partial charge in [-0.15, -0.1) is 11.3 Å². The van der Waals surface area contributed by atoms with Crippen molar-refractivity contribution in [2.75, 3.05) is 11.9 Å². The normalized spacial score (nSPS) is 15.8. The van der Waals surface area contributed by atoms with Crippen molar-refractivity contribution in [3.63, 3.8) is 0 Å². The van der Waals surface area contributed by atoms with Gasteiger partial charge in [-0.2, -0.15) is 0 Å². The number of fused-ring (bicyclic) bond motifs is 2. The third kappa shape index (κ3) is 2.76. The molecule has 8 heteroatoms. The molecule has 1 aliphatic rings. The molecule has 7 nitrogen and oxygen atoms in total. The van der Waals surface area contributed by atoms with Crippen LogP contribution in [-0.4, -0.2) is 32.9 Å². The van der Waals surface area contributed by atoms with Crippen LogP contribution < -0.4 is 5.32 Å². The summed E-state index contributed by atoms with van der Waals surface area (Å²) in [7, 11) is 0. The summed E-state index contributed by atoms with van der Waals surface area (Å²) in [5, 5.41) is 3.35. The summed E-state index contributed by atoms with van der Waals surface area (Å²) < 4.78 is 6.88. The molecular weight excluding hydrogens is 352 g/mol. The zero-order valence-corrected chi connectivity index (χ0v) is 15.3. The average molecular weight is 370 g/mol. The number of carbonyl (C=O) groups is 2. The Bertz CT molecular complexity index is 1010. The summed E-state index contributed by atoms with van der Waals surface area (Å²) in [4.78, 5) is 34.8. The average Bonchev–Trinajstić information content (AvgIpc) is 3.25. The van der Waals surface area contributed by atoms with Gasteiger partial charge in [0.15, 0.2) is 5.13 Å². The first-order valence-electron chi connectivity index (χ1n) is 8.49. The lowest BCUT2D eigenvalue weighted by Gasteiger charge is -2.08. The first-order chi connectivity index (χ1) is 12.6. The van der Waals surface area contributed by atoms with Crippen LogP contribution in [0.15, 0.2) is 24.4 Å². The monoisotopic (exact) mass is 370 g/mol. The zero-order valence-electron chi connectivity index (χ0n) is 14.5. The highest BCUT2D eigenvalue weighted by atomic mass is 32.1. The van der Waals surface area contributed by atoms with E-state index < -0.39 is 0 Å². The Labute approximate surface area is 154 Å². The van der Waals surface area contributed by atoms with Crippen LogP contribution in [0.1, 0.15) is 46.0 Å². The molecule has 0 aromatic carbocycles. The molecule has 0 radical (unpaired) electrons. The van der Waals surface area contributed by atoms with Crippen molar-refractivity contribution in [3.05, 3.63) is 46.4 Å². The minimum Gasteiger partial charge on any atom is -0.465 e. The Morgan fingerprint density at radius 1 is 1.38 bits per heavy atom. The number of amides is 1. The fourth-order valence-corrected chi connectivity index (χ4v) is 4.33. The molecule has 1 N–H and O–H groups in total. The van der Waals surface area contributed by atoms with Gasteiger partial charge >= 0.3 is 5.97 Å². The molecule has 1 aliphatic carbocycles. The number of aryl methyl sites for hydroxylation is 2. The molecule has 0 aliphatic heterocycles. The second-order valence-electron chi connectivity index (χ2n) is 6.10. The van der Waals surface area contributed by atoms with Crippen molar-refractivity contribution >= 4 is 34.0 Å². The molecule has 1 unspecified atom stereocenters. The molecule has 0 bridgehead atoms. The van der Waals surface area contributed by atoms with Crippen molar-refractivity contribution in [2.24, 2.45) is 0 Å². The van der Waals surface area contributed by atoms with Gasteiger partial charge in [0.05, 0.1) is 18.0 Å². The molecule has 0 saturated carbocycles. The highest BCUT2D eigenvalue weighted by Crippen LogP contribution is 2.39. The summed E-state index contributed by atoms with van der Waals surface area (Å²) in [6.07, 6.45) is 3.30. The maximum absolute atomic E-state index is 12.8. The first-order valence-corrected chi connectivity index (χ1v) is 9.31. The van der Waals surface area contributed by atoms with Crippen LogP contribution >= 0.6 is 11.3 Å². The van der Waals surface area contributed by atoms with E-state index in [2.05, 4.69) is 15.3 Å². The SMILES string of the molecule is CCOC(=O)C1CCc2sc(NC(=O)c3c(C)nc4ccccn34)nc21. The Kier molecular flexibility index (Phi) is 4.20. The van der Waals surface area contributed by atoms with E-state index >= 15 is 0 Å². The van der Waals surface area contributed by atoms with Crippen molar-refractivity contribution in [1.29, 1.82) is 0 Å². The Morgan fingerprint density at radius 3 is 3.04 bits per heavy atom. The van der Waals surface area contributed by atoms with Gasteiger partial charge in [-0.3, -0.25) is 19.3 Å². The molecule has 1 atom stereocenters. The molecule has 3 aromatic heterocycles. The molecule has 134 valence electrons. The quantitative estimate of drug-likeness (QED) is 0.714. The molecule has 3 heterocycles. The summed E-state index contributed by atoms with van der Waals surface area (Å²) in [5.41, 5.74) is 2.60. The standard InChI is InChI=1S/C18H18N4O3S/c1-3-25-17(24)11-7-8-12-14(11)20-18(26-12)21-16(23)15-10(2)19-13-6-4-5-9-22(13)15/h4-6,9,11H,3,7-8H2,1-2H3,(H,20,21,23). The van der Waals surface area contributed by atoms with E-state index in [1.165, 1.54) is 11.3 Å². The Hall–Kier alpha value is -2.74. The predicted octanol–water partition coefficient (Wildman–Crippen LogP) is 2.94. The second-order valence-corrected chi connectivity index (χ2v) is 7.18. The van der Waals surface area contributed by atoms with Crippen LogP contribution in [0.3, 0.4) is 0 Å². The molecule has 26 heavy (non-hydrogen) atoms. The van der Waals surface area contributed by atoms with Gasteiger partial charge in [-0.05, 0) is 38.8 Å². The summed E-state index contributed by atoms with van der Waals surface area (Å²) in [6, 6.07) is 5.59. The fraction of sp³-hybridized carbons (Fsp3) is 0.333. The number of esters is 1. The Balaban J connectivity index is 1.59. The summed E-state index contributed by atoms with van der Waals surface area (Å²) >= 11 is 1.42. The number of aromatic nitrogens is 3. The highest BCUT2D eigenvalue weighted by Gasteiger charge is 2.34. The van der Waals surface area contributed by atoms with E-state index in [1.54, 1.807) is 18.2 Å². The van der Waals surface area contributed by atoms with Gasteiger partial charge in [-0.1, -0.05) is 6.07 Å². The third-order valence-electron chi connectivity index (χ3n) is 4.43.